The van der Waals surface area contributed by atoms with E-state index in [1.54, 1.807) is 0 Å². The van der Waals surface area contributed by atoms with Crippen LogP contribution >= 0.6 is 27.7 Å². The third kappa shape index (κ3) is 3.25. The second kappa shape index (κ2) is 6.18. The highest BCUT2D eigenvalue weighted by atomic mass is 79.9. The lowest BCUT2D eigenvalue weighted by atomic mass is 10.3. The van der Waals surface area contributed by atoms with Crippen LogP contribution in [0.1, 0.15) is 6.42 Å². The van der Waals surface area contributed by atoms with Crippen LogP contribution in [0.4, 0.5) is 11.4 Å². The predicted octanol–water partition coefficient (Wildman–Crippen LogP) is 2.71. The Labute approximate surface area is 126 Å². The van der Waals surface area contributed by atoms with Crippen molar-refractivity contribution in [1.82, 2.24) is 5.32 Å². The fourth-order valence-corrected chi connectivity index (χ4v) is 3.17. The number of amidine groups is 1. The van der Waals surface area contributed by atoms with Gasteiger partial charge < -0.3 is 5.32 Å². The van der Waals surface area contributed by atoms with Crippen molar-refractivity contribution in [3.05, 3.63) is 36.8 Å². The highest BCUT2D eigenvalue weighted by molar-refractivity contribution is 9.10. The molecule has 106 valence electrons. The zero-order valence-corrected chi connectivity index (χ0v) is 12.4. The fraction of sp³-hybridized carbons (Fsp3) is 0.300. The number of nitrogens with one attached hydrogen (secondary N) is 1. The number of hydrogen-bond donors (Lipinski definition) is 1. The molecule has 0 atom stereocenters. The number of nitrogens with zero attached hydrogens (tertiary/aromatic N) is 3. The third-order valence-electron chi connectivity index (χ3n) is 2.49. The van der Waals surface area contributed by atoms with Crippen molar-refractivity contribution < 1.29 is 9.85 Å². The third-order valence-corrected chi connectivity index (χ3v) is 4.14. The normalized spacial score (nSPS) is 14.3. The summed E-state index contributed by atoms with van der Waals surface area (Å²) in [5, 5.41) is 25.5. The minimum Gasteiger partial charge on any atom is -0.365 e. The Hall–Kier alpha value is -1.68. The Bertz CT molecular complexity index is 607. The van der Waals surface area contributed by atoms with Gasteiger partial charge in [0.05, 0.1) is 25.3 Å². The summed E-state index contributed by atoms with van der Waals surface area (Å²) in [7, 11) is 0. The largest absolute Gasteiger partial charge is 0.365 e. The predicted molar refractivity (Wildman–Crippen MR) is 78.2 cm³/mol. The summed E-state index contributed by atoms with van der Waals surface area (Å²) in [5.41, 5.74) is -0.639. The molecule has 20 heavy (non-hydrogen) atoms. The molecule has 0 unspecified atom stereocenters. The van der Waals surface area contributed by atoms with Crippen LogP contribution in [0.5, 0.6) is 0 Å². The molecule has 0 bridgehead atoms. The van der Waals surface area contributed by atoms with E-state index in [1.165, 1.54) is 6.07 Å². The highest BCUT2D eigenvalue weighted by Crippen LogP contribution is 2.38. The number of nitro groups is 2. The summed E-state index contributed by atoms with van der Waals surface area (Å²) in [6.45, 7) is 1.42. The minimum atomic E-state index is -0.665. The van der Waals surface area contributed by atoms with Gasteiger partial charge in [0, 0.05) is 13.1 Å². The first-order valence-corrected chi connectivity index (χ1v) is 7.18. The first-order valence-electron chi connectivity index (χ1n) is 5.57. The van der Waals surface area contributed by atoms with Gasteiger partial charge in [0.15, 0.2) is 5.17 Å². The molecular weight excluding hydrogens is 352 g/mol. The number of nitro benzene ring substituents is 2. The first-order chi connectivity index (χ1) is 9.49. The van der Waals surface area contributed by atoms with Crippen LogP contribution in [0.15, 0.2) is 26.5 Å². The number of hydrogen-bond acceptors (Lipinski definition) is 7. The van der Waals surface area contributed by atoms with Crippen LogP contribution in [0, 0.1) is 20.2 Å². The van der Waals surface area contributed by atoms with E-state index in [9.17, 15) is 20.2 Å². The maximum absolute atomic E-state index is 11.0. The number of aliphatic imine (C=N–C) groups is 1. The lowest BCUT2D eigenvalue weighted by Crippen LogP contribution is -2.26. The average molecular weight is 361 g/mol. The summed E-state index contributed by atoms with van der Waals surface area (Å²) >= 11 is 4.16. The molecular formula is C10H9BrN4O4S. The second-order valence-electron chi connectivity index (χ2n) is 3.85. The molecule has 0 saturated carbocycles. The van der Waals surface area contributed by atoms with Gasteiger partial charge in [-0.1, -0.05) is 0 Å². The van der Waals surface area contributed by atoms with Gasteiger partial charge >= 0.3 is 0 Å². The molecule has 1 aromatic rings. The van der Waals surface area contributed by atoms with E-state index in [0.29, 0.717) is 16.6 Å². The zero-order chi connectivity index (χ0) is 14.7. The molecule has 0 aromatic heterocycles. The molecule has 1 aliphatic rings. The van der Waals surface area contributed by atoms with Crippen LogP contribution < -0.4 is 5.32 Å². The van der Waals surface area contributed by atoms with Gasteiger partial charge in [0.1, 0.15) is 0 Å². The van der Waals surface area contributed by atoms with Crippen molar-refractivity contribution in [3.8, 4) is 0 Å². The zero-order valence-electron chi connectivity index (χ0n) is 10.0. The number of thioether (sulfide) groups is 1. The summed E-state index contributed by atoms with van der Waals surface area (Å²) < 4.78 is 0.201. The van der Waals surface area contributed by atoms with Crippen LogP contribution in [-0.2, 0) is 0 Å². The summed E-state index contributed by atoms with van der Waals surface area (Å²) in [4.78, 5) is 25.1. The Morgan fingerprint density at radius 2 is 1.95 bits per heavy atom. The molecule has 0 fully saturated rings. The van der Waals surface area contributed by atoms with Gasteiger partial charge in [-0.25, -0.2) is 0 Å². The van der Waals surface area contributed by atoms with Crippen LogP contribution in [0.2, 0.25) is 0 Å². The van der Waals surface area contributed by atoms with Crippen molar-refractivity contribution >= 4 is 44.2 Å². The summed E-state index contributed by atoms with van der Waals surface area (Å²) in [6.07, 6.45) is 0.913. The molecule has 2 rings (SSSR count). The van der Waals surface area contributed by atoms with Crippen molar-refractivity contribution in [2.45, 2.75) is 11.3 Å². The van der Waals surface area contributed by atoms with Crippen molar-refractivity contribution in [2.75, 3.05) is 13.1 Å². The van der Waals surface area contributed by atoms with Gasteiger partial charge in [-0.2, -0.15) is 0 Å². The molecule has 0 radical (unpaired) electrons. The molecule has 1 heterocycles. The quantitative estimate of drug-likeness (QED) is 0.655. The lowest BCUT2D eigenvalue weighted by molar-refractivity contribution is -0.396. The molecule has 1 aliphatic heterocycles. The summed E-state index contributed by atoms with van der Waals surface area (Å²) in [5.74, 6) is 0. The molecule has 10 heteroatoms. The Kier molecular flexibility index (Phi) is 4.55. The molecule has 0 amide bonds. The standard InChI is InChI=1S/C10H9BrN4O4S/c11-6-4-9(20-10-12-2-1-3-13-10)8(15(18)19)5-7(6)14(16)17/h4-5H,1-3H2,(H,12,13). The highest BCUT2D eigenvalue weighted by Gasteiger charge is 2.25. The van der Waals surface area contributed by atoms with Crippen molar-refractivity contribution in [2.24, 2.45) is 4.99 Å². The number of rotatable bonds is 3. The monoisotopic (exact) mass is 360 g/mol. The van der Waals surface area contributed by atoms with Crippen molar-refractivity contribution in [3.63, 3.8) is 0 Å². The van der Waals surface area contributed by atoms with E-state index < -0.39 is 9.85 Å². The SMILES string of the molecule is O=[N+]([O-])c1cc([N+](=O)[O-])c(SC2=NCCCN2)cc1Br. The molecule has 1 aromatic carbocycles. The van der Waals surface area contributed by atoms with E-state index >= 15 is 0 Å². The van der Waals surface area contributed by atoms with Crippen LogP contribution in [0.25, 0.3) is 0 Å². The number of halogens is 1. The smallest absolute Gasteiger partial charge is 0.290 e. The molecule has 0 saturated heterocycles. The van der Waals surface area contributed by atoms with Crippen LogP contribution in [-0.4, -0.2) is 28.1 Å². The number of benzene rings is 1. The van der Waals surface area contributed by atoms with E-state index in [-0.39, 0.29) is 15.8 Å². The Balaban J connectivity index is 2.41. The second-order valence-corrected chi connectivity index (χ2v) is 5.74. The van der Waals surface area contributed by atoms with Gasteiger partial charge in [0.2, 0.25) is 0 Å². The van der Waals surface area contributed by atoms with Gasteiger partial charge in [-0.15, -0.1) is 0 Å². The Morgan fingerprint density at radius 1 is 1.25 bits per heavy atom. The molecule has 8 nitrogen and oxygen atoms in total. The first kappa shape index (κ1) is 14.7. The van der Waals surface area contributed by atoms with E-state index in [2.05, 4.69) is 26.2 Å². The van der Waals surface area contributed by atoms with E-state index in [0.717, 1.165) is 30.8 Å². The Morgan fingerprint density at radius 3 is 2.50 bits per heavy atom. The van der Waals surface area contributed by atoms with Crippen molar-refractivity contribution in [1.29, 1.82) is 0 Å². The maximum Gasteiger partial charge on any atom is 0.290 e. The minimum absolute atomic E-state index is 0.201. The topological polar surface area (TPSA) is 111 Å². The fourth-order valence-electron chi connectivity index (χ4n) is 1.58. The van der Waals surface area contributed by atoms with Gasteiger partial charge in [-0.3, -0.25) is 25.2 Å². The van der Waals surface area contributed by atoms with Crippen LogP contribution in [0.3, 0.4) is 0 Å². The maximum atomic E-state index is 11.0. The summed E-state index contributed by atoms with van der Waals surface area (Å²) in [6, 6.07) is 2.33. The average Bonchev–Trinajstić information content (AvgIpc) is 2.39. The molecule has 0 aliphatic carbocycles. The molecule has 0 spiro atoms. The van der Waals surface area contributed by atoms with E-state index in [1.807, 2.05) is 0 Å². The van der Waals surface area contributed by atoms with Gasteiger partial charge in [-0.05, 0) is 40.2 Å². The lowest BCUT2D eigenvalue weighted by Gasteiger charge is -2.13. The molecule has 1 N–H and O–H groups in total. The van der Waals surface area contributed by atoms with E-state index in [4.69, 9.17) is 0 Å². The van der Waals surface area contributed by atoms with Gasteiger partial charge in [0.25, 0.3) is 11.4 Å².